The van der Waals surface area contributed by atoms with Gasteiger partial charge in [-0.1, -0.05) is 6.07 Å². The summed E-state index contributed by atoms with van der Waals surface area (Å²) in [4.78, 5) is 38.4. The lowest BCUT2D eigenvalue weighted by Gasteiger charge is -2.33. The van der Waals surface area contributed by atoms with E-state index in [1.807, 2.05) is 0 Å². The highest BCUT2D eigenvalue weighted by atomic mass is 19.1. The van der Waals surface area contributed by atoms with Crippen LogP contribution in [0.4, 0.5) is 20.2 Å². The number of amides is 3. The van der Waals surface area contributed by atoms with Gasteiger partial charge in [-0.2, -0.15) is 0 Å². The number of hydrogen-bond acceptors (Lipinski definition) is 3. The van der Waals surface area contributed by atoms with Gasteiger partial charge in [0.2, 0.25) is 11.8 Å². The number of nitrogens with zero attached hydrogens (tertiary/aromatic N) is 1. The Morgan fingerprint density at radius 3 is 2.79 bits per heavy atom. The predicted octanol–water partition coefficient (Wildman–Crippen LogP) is 2.38. The van der Waals surface area contributed by atoms with Crippen LogP contribution in [0.25, 0.3) is 0 Å². The van der Waals surface area contributed by atoms with Crippen LogP contribution < -0.4 is 15.5 Å². The Labute approximate surface area is 159 Å². The van der Waals surface area contributed by atoms with E-state index in [1.54, 1.807) is 18.2 Å². The highest BCUT2D eigenvalue weighted by Gasteiger charge is 2.33. The predicted molar refractivity (Wildman–Crippen MR) is 98.0 cm³/mol. The number of anilines is 2. The summed E-state index contributed by atoms with van der Waals surface area (Å²) < 4.78 is 27.2. The molecular formula is C20H17F2N3O3. The van der Waals surface area contributed by atoms with E-state index >= 15 is 0 Å². The summed E-state index contributed by atoms with van der Waals surface area (Å²) >= 11 is 0. The number of piperidine rings is 1. The summed E-state index contributed by atoms with van der Waals surface area (Å²) in [6.45, 7) is 0.285. The minimum absolute atomic E-state index is 0.0132. The Balaban J connectivity index is 1.54. The monoisotopic (exact) mass is 385 g/mol. The standard InChI is InChI=1S/C20H17F2N3O3/c21-11-6-7-17(14(22)9-11)25-8-2-5-16(20(25)28)24-19(27)12-3-1-4-15-13(12)10-18(26)23-15/h1,3-4,6-7,9,16H,2,5,8,10H2,(H,23,26)(H,24,27). The van der Waals surface area contributed by atoms with Crippen LogP contribution >= 0.6 is 0 Å². The molecule has 0 aliphatic carbocycles. The summed E-state index contributed by atoms with van der Waals surface area (Å²) in [5.41, 5.74) is 1.49. The van der Waals surface area contributed by atoms with Gasteiger partial charge in [0.15, 0.2) is 0 Å². The first-order valence-electron chi connectivity index (χ1n) is 8.93. The quantitative estimate of drug-likeness (QED) is 0.852. The lowest BCUT2D eigenvalue weighted by molar-refractivity contribution is -0.121. The molecule has 1 unspecified atom stereocenters. The molecule has 0 bridgehead atoms. The molecule has 1 saturated heterocycles. The zero-order valence-electron chi connectivity index (χ0n) is 14.8. The topological polar surface area (TPSA) is 78.5 Å². The smallest absolute Gasteiger partial charge is 0.252 e. The Kier molecular flexibility index (Phi) is 4.54. The maximum Gasteiger partial charge on any atom is 0.252 e. The molecule has 2 aromatic carbocycles. The molecular weight excluding hydrogens is 368 g/mol. The van der Waals surface area contributed by atoms with Crippen LogP contribution in [0.1, 0.15) is 28.8 Å². The third kappa shape index (κ3) is 3.21. The van der Waals surface area contributed by atoms with Gasteiger partial charge in [-0.15, -0.1) is 0 Å². The van der Waals surface area contributed by atoms with Gasteiger partial charge in [-0.05, 0) is 42.7 Å². The van der Waals surface area contributed by atoms with Crippen molar-refractivity contribution in [2.45, 2.75) is 25.3 Å². The number of benzene rings is 2. The number of hydrogen-bond donors (Lipinski definition) is 2. The lowest BCUT2D eigenvalue weighted by Crippen LogP contribution is -2.52. The summed E-state index contributed by atoms with van der Waals surface area (Å²) in [5.74, 6) is -2.66. The zero-order chi connectivity index (χ0) is 19.8. The molecule has 144 valence electrons. The Bertz CT molecular complexity index is 993. The number of carbonyl (C=O) groups is 3. The maximum absolute atomic E-state index is 14.1. The Morgan fingerprint density at radius 1 is 1.18 bits per heavy atom. The molecule has 3 amide bonds. The molecule has 2 N–H and O–H groups in total. The average molecular weight is 385 g/mol. The molecule has 28 heavy (non-hydrogen) atoms. The van der Waals surface area contributed by atoms with Crippen LogP contribution in [-0.4, -0.2) is 30.3 Å². The number of halogens is 2. The first-order valence-corrected chi connectivity index (χ1v) is 8.93. The van der Waals surface area contributed by atoms with Gasteiger partial charge in [0.25, 0.3) is 5.91 Å². The fourth-order valence-electron chi connectivity index (χ4n) is 3.65. The molecule has 0 spiro atoms. The van der Waals surface area contributed by atoms with E-state index in [0.717, 1.165) is 12.1 Å². The summed E-state index contributed by atoms with van der Waals surface area (Å²) in [6, 6.07) is 7.16. The molecule has 0 radical (unpaired) electrons. The number of nitrogens with one attached hydrogen (secondary N) is 2. The maximum atomic E-state index is 14.1. The molecule has 2 aliphatic rings. The fourth-order valence-corrected chi connectivity index (χ4v) is 3.65. The van der Waals surface area contributed by atoms with Crippen molar-refractivity contribution in [1.82, 2.24) is 5.32 Å². The number of carbonyl (C=O) groups excluding carboxylic acids is 3. The van der Waals surface area contributed by atoms with E-state index in [2.05, 4.69) is 10.6 Å². The molecule has 8 heteroatoms. The molecule has 0 aromatic heterocycles. The van der Waals surface area contributed by atoms with Gasteiger partial charge in [0.1, 0.15) is 17.7 Å². The first kappa shape index (κ1) is 18.1. The van der Waals surface area contributed by atoms with Crippen LogP contribution in [0.2, 0.25) is 0 Å². The van der Waals surface area contributed by atoms with E-state index in [4.69, 9.17) is 0 Å². The van der Waals surface area contributed by atoms with Crippen molar-refractivity contribution in [2.24, 2.45) is 0 Å². The third-order valence-electron chi connectivity index (χ3n) is 4.98. The van der Waals surface area contributed by atoms with Crippen molar-refractivity contribution in [3.05, 3.63) is 59.2 Å². The Morgan fingerprint density at radius 2 is 2.00 bits per heavy atom. The van der Waals surface area contributed by atoms with Crippen LogP contribution in [0.5, 0.6) is 0 Å². The molecule has 1 fully saturated rings. The summed E-state index contributed by atoms with van der Waals surface area (Å²) in [5, 5.41) is 5.37. The van der Waals surface area contributed by atoms with E-state index in [9.17, 15) is 23.2 Å². The van der Waals surface area contributed by atoms with Gasteiger partial charge in [-0.25, -0.2) is 8.78 Å². The summed E-state index contributed by atoms with van der Waals surface area (Å²) in [6.07, 6.45) is 1.07. The lowest BCUT2D eigenvalue weighted by atomic mass is 10.0. The molecule has 2 aliphatic heterocycles. The van der Waals surface area contributed by atoms with Crippen LogP contribution in [0, 0.1) is 11.6 Å². The highest BCUT2D eigenvalue weighted by molar-refractivity contribution is 6.07. The average Bonchev–Trinajstić information content (AvgIpc) is 3.04. The Hall–Kier alpha value is -3.29. The van der Waals surface area contributed by atoms with Crippen LogP contribution in [0.15, 0.2) is 36.4 Å². The SMILES string of the molecule is O=C1Cc2c(cccc2C(=O)NC2CCCN(c3ccc(F)cc3F)C2=O)N1. The van der Waals surface area contributed by atoms with E-state index in [-0.39, 0.29) is 24.6 Å². The van der Waals surface area contributed by atoms with Crippen molar-refractivity contribution < 1.29 is 23.2 Å². The van der Waals surface area contributed by atoms with Crippen molar-refractivity contribution in [3.8, 4) is 0 Å². The van der Waals surface area contributed by atoms with E-state index in [0.29, 0.717) is 29.7 Å². The van der Waals surface area contributed by atoms with Crippen molar-refractivity contribution in [1.29, 1.82) is 0 Å². The number of fused-ring (bicyclic) bond motifs is 1. The molecule has 1 atom stereocenters. The van der Waals surface area contributed by atoms with Crippen molar-refractivity contribution in [2.75, 3.05) is 16.8 Å². The summed E-state index contributed by atoms with van der Waals surface area (Å²) in [7, 11) is 0. The molecule has 4 rings (SSSR count). The van der Waals surface area contributed by atoms with Gasteiger partial charge < -0.3 is 15.5 Å². The van der Waals surface area contributed by atoms with Crippen LogP contribution in [0.3, 0.4) is 0 Å². The van der Waals surface area contributed by atoms with Crippen molar-refractivity contribution in [3.63, 3.8) is 0 Å². The molecule has 2 aromatic rings. The minimum Gasteiger partial charge on any atom is -0.340 e. The second kappa shape index (κ2) is 7.03. The van der Waals surface area contributed by atoms with Gasteiger partial charge in [0.05, 0.1) is 12.1 Å². The van der Waals surface area contributed by atoms with Crippen LogP contribution in [-0.2, 0) is 16.0 Å². The third-order valence-corrected chi connectivity index (χ3v) is 4.98. The fraction of sp³-hybridized carbons (Fsp3) is 0.250. The van der Waals surface area contributed by atoms with Gasteiger partial charge in [0, 0.05) is 23.9 Å². The number of rotatable bonds is 3. The highest BCUT2D eigenvalue weighted by Crippen LogP contribution is 2.28. The minimum atomic E-state index is -0.828. The van der Waals surface area contributed by atoms with Gasteiger partial charge >= 0.3 is 0 Å². The molecule has 6 nitrogen and oxygen atoms in total. The first-order chi connectivity index (χ1) is 13.4. The zero-order valence-corrected chi connectivity index (χ0v) is 14.8. The van der Waals surface area contributed by atoms with E-state index < -0.39 is 29.5 Å². The van der Waals surface area contributed by atoms with E-state index in [1.165, 1.54) is 11.0 Å². The van der Waals surface area contributed by atoms with Crippen molar-refractivity contribution >= 4 is 29.1 Å². The molecule has 0 saturated carbocycles. The van der Waals surface area contributed by atoms with Gasteiger partial charge in [-0.3, -0.25) is 14.4 Å². The largest absolute Gasteiger partial charge is 0.340 e. The molecule has 2 heterocycles. The normalized spacial score (nSPS) is 18.6. The second-order valence-electron chi connectivity index (χ2n) is 6.81. The second-order valence-corrected chi connectivity index (χ2v) is 6.81.